The highest BCUT2D eigenvalue weighted by atomic mass is 19.1. The van der Waals surface area contributed by atoms with Gasteiger partial charge in [0.2, 0.25) is 0 Å². The van der Waals surface area contributed by atoms with Crippen LogP contribution in [0.5, 0.6) is 0 Å². The summed E-state index contributed by atoms with van der Waals surface area (Å²) in [5.41, 5.74) is 2.09. The highest BCUT2D eigenvalue weighted by Crippen LogP contribution is 2.46. The number of benzene rings is 2. The predicted octanol–water partition coefficient (Wildman–Crippen LogP) is 4.64. The van der Waals surface area contributed by atoms with Crippen molar-refractivity contribution in [1.29, 1.82) is 0 Å². The minimum atomic E-state index is -1.03. The van der Waals surface area contributed by atoms with Crippen LogP contribution in [-0.4, -0.2) is 12.3 Å². The molecule has 0 bridgehead atoms. The third-order valence-electron chi connectivity index (χ3n) is 4.15. The lowest BCUT2D eigenvalue weighted by Gasteiger charge is -2.43. The van der Waals surface area contributed by atoms with Gasteiger partial charge in [0.1, 0.15) is 11.8 Å². The van der Waals surface area contributed by atoms with Gasteiger partial charge in [-0.1, -0.05) is 54.6 Å². The topological polar surface area (TPSA) is 9.23 Å². The van der Waals surface area contributed by atoms with Gasteiger partial charge in [-0.05, 0) is 43.4 Å². The fraction of sp³-hybridized carbons (Fsp3) is 0.368. The third kappa shape index (κ3) is 2.38. The molecule has 0 amide bonds. The van der Waals surface area contributed by atoms with E-state index in [1.54, 1.807) is 0 Å². The lowest BCUT2D eigenvalue weighted by Crippen LogP contribution is -2.46. The van der Waals surface area contributed by atoms with Crippen LogP contribution in [0.15, 0.2) is 54.6 Å². The van der Waals surface area contributed by atoms with E-state index in [9.17, 15) is 0 Å². The molecule has 2 heteroatoms. The van der Waals surface area contributed by atoms with Crippen molar-refractivity contribution in [3.8, 4) is 0 Å². The minimum Gasteiger partial charge on any atom is -0.360 e. The van der Waals surface area contributed by atoms with Crippen LogP contribution in [0, 0.1) is 0 Å². The van der Waals surface area contributed by atoms with E-state index in [0.717, 1.165) is 17.5 Å². The SMILES string of the molecule is CC(C)O[C@]1(c2ccccc2)c2ccccc2CC[C@H]1F. The fourth-order valence-corrected chi connectivity index (χ4v) is 3.35. The molecule has 0 radical (unpaired) electrons. The Bertz CT molecular complexity index is 608. The summed E-state index contributed by atoms with van der Waals surface area (Å²) in [5.74, 6) is 0. The summed E-state index contributed by atoms with van der Waals surface area (Å²) < 4.78 is 21.3. The maximum atomic E-state index is 15.1. The molecular formula is C19H21FO. The molecule has 1 aliphatic carbocycles. The van der Waals surface area contributed by atoms with Crippen molar-refractivity contribution in [2.75, 3.05) is 0 Å². The number of aryl methyl sites for hydroxylation is 1. The van der Waals surface area contributed by atoms with Gasteiger partial charge < -0.3 is 4.74 Å². The van der Waals surface area contributed by atoms with E-state index in [2.05, 4.69) is 6.07 Å². The third-order valence-corrected chi connectivity index (χ3v) is 4.15. The molecule has 2 atom stereocenters. The number of hydrogen-bond donors (Lipinski definition) is 0. The summed E-state index contributed by atoms with van der Waals surface area (Å²) in [7, 11) is 0. The number of alkyl halides is 1. The maximum Gasteiger partial charge on any atom is 0.150 e. The van der Waals surface area contributed by atoms with Crippen LogP contribution < -0.4 is 0 Å². The van der Waals surface area contributed by atoms with Gasteiger partial charge in [-0.15, -0.1) is 0 Å². The number of rotatable bonds is 3. The van der Waals surface area contributed by atoms with Crippen LogP contribution in [0.4, 0.5) is 4.39 Å². The molecule has 1 aliphatic rings. The summed E-state index contributed by atoms with van der Waals surface area (Å²) in [4.78, 5) is 0. The second-order valence-corrected chi connectivity index (χ2v) is 5.93. The number of hydrogen-bond acceptors (Lipinski definition) is 1. The summed E-state index contributed by atoms with van der Waals surface area (Å²) in [6.45, 7) is 3.93. The van der Waals surface area contributed by atoms with E-state index >= 15 is 4.39 Å². The van der Waals surface area contributed by atoms with E-state index < -0.39 is 11.8 Å². The summed E-state index contributed by atoms with van der Waals surface area (Å²) in [6.07, 6.45) is 0.193. The number of fused-ring (bicyclic) bond motifs is 1. The molecule has 0 saturated heterocycles. The molecule has 2 aromatic rings. The molecule has 0 N–H and O–H groups in total. The predicted molar refractivity (Wildman–Crippen MR) is 83.1 cm³/mol. The van der Waals surface area contributed by atoms with Crippen molar-refractivity contribution >= 4 is 0 Å². The largest absolute Gasteiger partial charge is 0.360 e. The van der Waals surface area contributed by atoms with E-state index in [4.69, 9.17) is 4.74 Å². The van der Waals surface area contributed by atoms with Gasteiger partial charge in [0, 0.05) is 0 Å². The van der Waals surface area contributed by atoms with E-state index in [-0.39, 0.29) is 6.10 Å². The highest BCUT2D eigenvalue weighted by molar-refractivity contribution is 5.45. The number of halogens is 1. The zero-order valence-electron chi connectivity index (χ0n) is 12.6. The van der Waals surface area contributed by atoms with Crippen LogP contribution >= 0.6 is 0 Å². The van der Waals surface area contributed by atoms with Crippen molar-refractivity contribution in [1.82, 2.24) is 0 Å². The van der Waals surface area contributed by atoms with Crippen molar-refractivity contribution in [3.63, 3.8) is 0 Å². The first kappa shape index (κ1) is 14.3. The van der Waals surface area contributed by atoms with Gasteiger partial charge in [0.15, 0.2) is 0 Å². The number of ether oxygens (including phenoxy) is 1. The zero-order valence-corrected chi connectivity index (χ0v) is 12.6. The summed E-state index contributed by atoms with van der Waals surface area (Å²) >= 11 is 0. The van der Waals surface area contributed by atoms with Crippen molar-refractivity contribution in [2.45, 2.75) is 44.6 Å². The van der Waals surface area contributed by atoms with Crippen molar-refractivity contribution in [2.24, 2.45) is 0 Å². The Balaban J connectivity index is 2.24. The standard InChI is InChI=1S/C19H21FO/c1-14(2)21-19(16-9-4-3-5-10-16)17-11-7-6-8-15(17)12-13-18(19)20/h3-11,14,18H,12-13H2,1-2H3/t18-,19-/m1/s1. The average Bonchev–Trinajstić information content (AvgIpc) is 2.51. The summed E-state index contributed by atoms with van der Waals surface area (Å²) in [6, 6.07) is 17.9. The lowest BCUT2D eigenvalue weighted by molar-refractivity contribution is -0.109. The van der Waals surface area contributed by atoms with Crippen molar-refractivity contribution < 1.29 is 9.13 Å². The van der Waals surface area contributed by atoms with Crippen LogP contribution in [0.3, 0.4) is 0 Å². The average molecular weight is 284 g/mol. The molecule has 1 nitrogen and oxygen atoms in total. The molecular weight excluding hydrogens is 263 g/mol. The molecule has 21 heavy (non-hydrogen) atoms. The van der Waals surface area contributed by atoms with Gasteiger partial charge in [-0.25, -0.2) is 4.39 Å². The van der Waals surface area contributed by atoms with Crippen LogP contribution in [0.1, 0.15) is 37.0 Å². The molecule has 3 rings (SSSR count). The Kier molecular flexibility index (Phi) is 3.81. The normalized spacial score (nSPS) is 24.9. The van der Waals surface area contributed by atoms with Crippen LogP contribution in [0.2, 0.25) is 0 Å². The Morgan fingerprint density at radius 1 is 1.05 bits per heavy atom. The molecule has 2 aromatic carbocycles. The molecule has 110 valence electrons. The summed E-state index contributed by atoms with van der Waals surface area (Å²) in [5, 5.41) is 0. The Labute approximate surface area is 125 Å². The second kappa shape index (κ2) is 5.61. The Morgan fingerprint density at radius 3 is 2.43 bits per heavy atom. The smallest absolute Gasteiger partial charge is 0.150 e. The first-order valence-electron chi connectivity index (χ1n) is 7.60. The second-order valence-electron chi connectivity index (χ2n) is 5.93. The molecule has 0 aromatic heterocycles. The van der Waals surface area contributed by atoms with Gasteiger partial charge >= 0.3 is 0 Å². The zero-order chi connectivity index (χ0) is 14.9. The van der Waals surface area contributed by atoms with Gasteiger partial charge in [0.05, 0.1) is 6.10 Å². The van der Waals surface area contributed by atoms with Gasteiger partial charge in [-0.3, -0.25) is 0 Å². The maximum absolute atomic E-state index is 15.1. The van der Waals surface area contributed by atoms with E-state index in [0.29, 0.717) is 6.42 Å². The molecule has 0 saturated carbocycles. The lowest BCUT2D eigenvalue weighted by atomic mass is 9.73. The first-order valence-corrected chi connectivity index (χ1v) is 7.60. The van der Waals surface area contributed by atoms with E-state index in [1.165, 1.54) is 5.56 Å². The van der Waals surface area contributed by atoms with Crippen LogP contribution in [0.25, 0.3) is 0 Å². The molecule has 0 heterocycles. The molecule has 0 aliphatic heterocycles. The Hall–Kier alpha value is -1.67. The first-order chi connectivity index (χ1) is 10.1. The monoisotopic (exact) mass is 284 g/mol. The Morgan fingerprint density at radius 2 is 1.71 bits per heavy atom. The van der Waals surface area contributed by atoms with Crippen LogP contribution in [-0.2, 0) is 16.8 Å². The quantitative estimate of drug-likeness (QED) is 0.798. The van der Waals surface area contributed by atoms with Gasteiger partial charge in [-0.2, -0.15) is 0 Å². The fourth-order valence-electron chi connectivity index (χ4n) is 3.35. The van der Waals surface area contributed by atoms with Crippen molar-refractivity contribution in [3.05, 3.63) is 71.3 Å². The molecule has 0 spiro atoms. The highest BCUT2D eigenvalue weighted by Gasteiger charge is 2.48. The van der Waals surface area contributed by atoms with E-state index in [1.807, 2.05) is 62.4 Å². The van der Waals surface area contributed by atoms with Gasteiger partial charge in [0.25, 0.3) is 0 Å². The molecule has 0 fully saturated rings. The minimum absolute atomic E-state index is 0.0467. The molecule has 0 unspecified atom stereocenters.